The summed E-state index contributed by atoms with van der Waals surface area (Å²) in [5.41, 5.74) is 0.924. The smallest absolute Gasteiger partial charge is 0.124 e. The minimum absolute atomic E-state index is 0.231. The van der Waals surface area contributed by atoms with Crippen LogP contribution in [0.15, 0.2) is 24.3 Å². The third kappa shape index (κ3) is 5.87. The van der Waals surface area contributed by atoms with E-state index in [0.717, 1.165) is 11.8 Å². The van der Waals surface area contributed by atoms with Crippen molar-refractivity contribution in [2.45, 2.75) is 6.42 Å². The molecule has 13 heavy (non-hydrogen) atoms. The molecule has 3 heteroatoms. The Morgan fingerprint density at radius 2 is 1.77 bits per heavy atom. The highest BCUT2D eigenvalue weighted by Crippen LogP contribution is 2.08. The molecule has 0 aliphatic rings. The van der Waals surface area contributed by atoms with Crippen molar-refractivity contribution in [1.29, 1.82) is 0 Å². The molecule has 1 N–H and O–H groups in total. The van der Waals surface area contributed by atoms with Crippen LogP contribution >= 0.6 is 0 Å². The second-order valence-corrected chi connectivity index (χ2v) is 2.45. The summed E-state index contributed by atoms with van der Waals surface area (Å²) in [5, 5.41) is 8.84. The summed E-state index contributed by atoms with van der Waals surface area (Å²) >= 11 is 0. The van der Waals surface area contributed by atoms with Crippen LogP contribution in [0.2, 0.25) is 0 Å². The van der Waals surface area contributed by atoms with Gasteiger partial charge in [-0.1, -0.05) is 12.1 Å². The fourth-order valence-electron chi connectivity index (χ4n) is 0.728. The fraction of sp³-hybridized carbons (Fsp3) is 0.300. The molecule has 72 valence electrons. The van der Waals surface area contributed by atoms with Gasteiger partial charge in [0, 0.05) is 20.6 Å². The topological polar surface area (TPSA) is 46.5 Å². The molecule has 0 heterocycles. The lowest BCUT2D eigenvalue weighted by molar-refractivity contribution is -0.107. The zero-order valence-electron chi connectivity index (χ0n) is 7.86. The number of rotatable bonds is 2. The highest BCUT2D eigenvalue weighted by atomic mass is 16.4. The van der Waals surface area contributed by atoms with Gasteiger partial charge in [0.2, 0.25) is 0 Å². The molecule has 0 atom stereocenters. The van der Waals surface area contributed by atoms with Crippen molar-refractivity contribution >= 4 is 6.29 Å². The van der Waals surface area contributed by atoms with Crippen LogP contribution in [0.25, 0.3) is 0 Å². The summed E-state index contributed by atoms with van der Waals surface area (Å²) in [6.07, 6.45) is 1.26. The van der Waals surface area contributed by atoms with Gasteiger partial charge in [0.15, 0.2) is 0 Å². The highest BCUT2D eigenvalue weighted by molar-refractivity contribution is 5.55. The van der Waals surface area contributed by atoms with Crippen LogP contribution in [-0.2, 0) is 16.0 Å². The molecule has 0 aromatic heterocycles. The molecule has 0 fully saturated rings. The van der Waals surface area contributed by atoms with Crippen LogP contribution in [0, 0.1) is 0 Å². The average Bonchev–Trinajstić information content (AvgIpc) is 2.11. The van der Waals surface area contributed by atoms with Crippen LogP contribution in [0.3, 0.4) is 0 Å². The molecule has 3 nitrogen and oxygen atoms in total. The van der Waals surface area contributed by atoms with Crippen LogP contribution < -0.4 is 0 Å². The first-order chi connectivity index (χ1) is 6.24. The third-order valence-corrected chi connectivity index (χ3v) is 1.26. The number of methoxy groups -OCH3 is 1. The predicted octanol–water partition coefficient (Wildman–Crippen LogP) is 1.40. The van der Waals surface area contributed by atoms with E-state index in [1.165, 1.54) is 0 Å². The molecule has 0 saturated carbocycles. The van der Waals surface area contributed by atoms with Gasteiger partial charge in [-0.05, 0) is 17.7 Å². The Labute approximate surface area is 78.0 Å². The van der Waals surface area contributed by atoms with E-state index in [1.807, 2.05) is 0 Å². The van der Waals surface area contributed by atoms with E-state index in [-0.39, 0.29) is 5.75 Å². The van der Waals surface area contributed by atoms with Gasteiger partial charge in [-0.3, -0.25) is 0 Å². The zero-order chi connectivity index (χ0) is 10.1. The molecule has 0 aliphatic heterocycles. The molecule has 0 aliphatic carbocycles. The summed E-state index contributed by atoms with van der Waals surface area (Å²) < 4.78 is 4.25. The number of hydrogen-bond donors (Lipinski definition) is 1. The van der Waals surface area contributed by atoms with Crippen LogP contribution in [0.1, 0.15) is 5.56 Å². The first-order valence-corrected chi connectivity index (χ1v) is 3.86. The zero-order valence-corrected chi connectivity index (χ0v) is 7.86. The molecule has 0 unspecified atom stereocenters. The largest absolute Gasteiger partial charge is 0.508 e. The Kier molecular flexibility index (Phi) is 6.55. The number of hydrogen-bond acceptors (Lipinski definition) is 3. The summed E-state index contributed by atoms with van der Waals surface area (Å²) in [7, 11) is 3.25. The van der Waals surface area contributed by atoms with Crippen LogP contribution in [0.4, 0.5) is 0 Å². The fourth-order valence-corrected chi connectivity index (χ4v) is 0.728. The first-order valence-electron chi connectivity index (χ1n) is 3.86. The van der Waals surface area contributed by atoms with Gasteiger partial charge in [-0.15, -0.1) is 0 Å². The second kappa shape index (κ2) is 7.31. The van der Waals surface area contributed by atoms with Gasteiger partial charge in [0.1, 0.15) is 12.0 Å². The third-order valence-electron chi connectivity index (χ3n) is 1.26. The molecule has 0 spiro atoms. The van der Waals surface area contributed by atoms with Crippen molar-refractivity contribution in [3.8, 4) is 5.75 Å². The minimum atomic E-state index is 0.231. The van der Waals surface area contributed by atoms with E-state index in [2.05, 4.69) is 4.74 Å². The van der Waals surface area contributed by atoms with E-state index in [4.69, 9.17) is 5.11 Å². The lowest BCUT2D eigenvalue weighted by Crippen LogP contribution is -1.82. The van der Waals surface area contributed by atoms with Crippen LogP contribution in [-0.4, -0.2) is 25.6 Å². The summed E-state index contributed by atoms with van der Waals surface area (Å²) in [6, 6.07) is 6.59. The molecule has 0 amide bonds. The predicted molar refractivity (Wildman–Crippen MR) is 50.8 cm³/mol. The maximum Gasteiger partial charge on any atom is 0.124 e. The van der Waals surface area contributed by atoms with Crippen molar-refractivity contribution in [2.24, 2.45) is 0 Å². The Morgan fingerprint density at radius 3 is 2.15 bits per heavy atom. The van der Waals surface area contributed by atoms with Gasteiger partial charge in [-0.25, -0.2) is 0 Å². The molecule has 0 radical (unpaired) electrons. The molecular weight excluding hydrogens is 168 g/mol. The van der Waals surface area contributed by atoms with Crippen molar-refractivity contribution in [2.75, 3.05) is 14.2 Å². The van der Waals surface area contributed by atoms with E-state index in [1.54, 1.807) is 38.5 Å². The molecule has 0 saturated heterocycles. The van der Waals surface area contributed by atoms with Gasteiger partial charge in [0.05, 0.1) is 0 Å². The summed E-state index contributed by atoms with van der Waals surface area (Å²) in [4.78, 5) is 10.00. The summed E-state index contributed by atoms with van der Waals surface area (Å²) in [5.74, 6) is 0.231. The van der Waals surface area contributed by atoms with Gasteiger partial charge in [0.25, 0.3) is 0 Å². The number of phenols is 1. The lowest BCUT2D eigenvalue weighted by Gasteiger charge is -1.93. The van der Waals surface area contributed by atoms with E-state index < -0.39 is 0 Å². The highest BCUT2D eigenvalue weighted by Gasteiger charge is 1.89. The van der Waals surface area contributed by atoms with Crippen LogP contribution in [0.5, 0.6) is 5.75 Å². The molecular formula is C10H14O3. The molecule has 0 bridgehead atoms. The quantitative estimate of drug-likeness (QED) is 0.703. The number of ether oxygens (including phenoxy) is 1. The number of carbonyl (C=O) groups excluding carboxylic acids is 1. The SMILES string of the molecule is COC.O=CCc1ccc(O)cc1. The molecule has 1 aromatic rings. The van der Waals surface area contributed by atoms with Gasteiger partial charge < -0.3 is 14.6 Å². The maximum atomic E-state index is 10.00. The monoisotopic (exact) mass is 182 g/mol. The average molecular weight is 182 g/mol. The van der Waals surface area contributed by atoms with Crippen molar-refractivity contribution in [1.82, 2.24) is 0 Å². The lowest BCUT2D eigenvalue weighted by atomic mass is 10.2. The second-order valence-electron chi connectivity index (χ2n) is 2.45. The van der Waals surface area contributed by atoms with Crippen molar-refractivity contribution in [3.63, 3.8) is 0 Å². The number of benzene rings is 1. The van der Waals surface area contributed by atoms with Gasteiger partial charge >= 0.3 is 0 Å². The summed E-state index contributed by atoms with van der Waals surface area (Å²) in [6.45, 7) is 0. The Balaban J connectivity index is 0.000000424. The van der Waals surface area contributed by atoms with Crippen molar-refractivity contribution in [3.05, 3.63) is 29.8 Å². The molecule has 1 aromatic carbocycles. The number of aldehydes is 1. The Bertz CT molecular complexity index is 228. The standard InChI is InChI=1S/C8H8O2.C2H6O/c9-6-5-7-1-3-8(10)4-2-7;1-3-2/h1-4,6,10H,5H2;1-2H3. The van der Waals surface area contributed by atoms with Gasteiger partial charge in [-0.2, -0.15) is 0 Å². The Morgan fingerprint density at radius 1 is 1.31 bits per heavy atom. The van der Waals surface area contributed by atoms with E-state index in [0.29, 0.717) is 6.42 Å². The number of aromatic hydroxyl groups is 1. The number of carbonyl (C=O) groups is 1. The maximum absolute atomic E-state index is 10.00. The first kappa shape index (κ1) is 11.6. The minimum Gasteiger partial charge on any atom is -0.508 e. The normalized spacial score (nSPS) is 8.46. The van der Waals surface area contributed by atoms with E-state index in [9.17, 15) is 4.79 Å². The van der Waals surface area contributed by atoms with E-state index >= 15 is 0 Å². The number of phenolic OH excluding ortho intramolecular Hbond substituents is 1. The van der Waals surface area contributed by atoms with Crippen molar-refractivity contribution < 1.29 is 14.6 Å². The Hall–Kier alpha value is -1.35. The molecule has 1 rings (SSSR count).